The summed E-state index contributed by atoms with van der Waals surface area (Å²) in [6.45, 7) is 3.56. The summed E-state index contributed by atoms with van der Waals surface area (Å²) in [6.07, 6.45) is 6.69. The smallest absolute Gasteiger partial charge is 0.0212 e. The fraction of sp³-hybridized carbons (Fsp3) is 0.667. The molecule has 2 unspecified atom stereocenters. The van der Waals surface area contributed by atoms with Crippen molar-refractivity contribution in [2.75, 3.05) is 13.6 Å². The lowest BCUT2D eigenvalue weighted by Gasteiger charge is -2.31. The van der Waals surface area contributed by atoms with Crippen molar-refractivity contribution < 1.29 is 0 Å². The van der Waals surface area contributed by atoms with Crippen molar-refractivity contribution in [2.45, 2.75) is 63.1 Å². The number of hydrogen-bond donors (Lipinski definition) is 1. The Morgan fingerprint density at radius 3 is 2.30 bits per heavy atom. The van der Waals surface area contributed by atoms with Gasteiger partial charge in [0.2, 0.25) is 0 Å². The van der Waals surface area contributed by atoms with Crippen molar-refractivity contribution >= 4 is 0 Å². The van der Waals surface area contributed by atoms with Gasteiger partial charge < -0.3 is 10.2 Å². The van der Waals surface area contributed by atoms with Crippen LogP contribution in [0.15, 0.2) is 30.3 Å². The van der Waals surface area contributed by atoms with Gasteiger partial charge in [-0.25, -0.2) is 0 Å². The normalized spacial score (nSPS) is 35.3. The minimum atomic E-state index is 0.716. The predicted octanol–water partition coefficient (Wildman–Crippen LogP) is 3.40. The van der Waals surface area contributed by atoms with Gasteiger partial charge in [-0.2, -0.15) is 0 Å². The van der Waals surface area contributed by atoms with E-state index in [0.29, 0.717) is 6.04 Å². The average Bonchev–Trinajstić information content (AvgIpc) is 2.79. The lowest BCUT2D eigenvalue weighted by atomic mass is 9.81. The summed E-state index contributed by atoms with van der Waals surface area (Å²) in [6, 6.07) is 13.3. The highest BCUT2D eigenvalue weighted by atomic mass is 15.2. The highest BCUT2D eigenvalue weighted by Crippen LogP contribution is 2.33. The molecule has 20 heavy (non-hydrogen) atoms. The third-order valence-electron chi connectivity index (χ3n) is 5.36. The quantitative estimate of drug-likeness (QED) is 0.907. The van der Waals surface area contributed by atoms with Crippen LogP contribution in [-0.2, 0) is 0 Å². The average molecular weight is 272 g/mol. The van der Waals surface area contributed by atoms with Crippen molar-refractivity contribution in [3.63, 3.8) is 0 Å². The van der Waals surface area contributed by atoms with Crippen LogP contribution in [0.5, 0.6) is 0 Å². The molecule has 0 radical (unpaired) electrons. The van der Waals surface area contributed by atoms with Crippen LogP contribution in [0.2, 0.25) is 0 Å². The summed E-state index contributed by atoms with van der Waals surface area (Å²) in [7, 11) is 2.25. The van der Waals surface area contributed by atoms with Crippen molar-refractivity contribution in [3.05, 3.63) is 35.9 Å². The van der Waals surface area contributed by atoms with Crippen LogP contribution in [0, 0.1) is 0 Å². The van der Waals surface area contributed by atoms with Crippen LogP contribution in [-0.4, -0.2) is 36.6 Å². The largest absolute Gasteiger partial charge is 0.310 e. The van der Waals surface area contributed by atoms with E-state index in [1.807, 2.05) is 0 Å². The van der Waals surface area contributed by atoms with Crippen molar-refractivity contribution in [1.82, 2.24) is 10.2 Å². The monoisotopic (exact) mass is 272 g/mol. The summed E-state index contributed by atoms with van der Waals surface area (Å²) in [5, 5.41) is 3.91. The number of benzene rings is 1. The van der Waals surface area contributed by atoms with E-state index in [2.05, 4.69) is 54.5 Å². The minimum absolute atomic E-state index is 0.716. The van der Waals surface area contributed by atoms with Crippen LogP contribution in [0.3, 0.4) is 0 Å². The van der Waals surface area contributed by atoms with Gasteiger partial charge in [0.1, 0.15) is 0 Å². The lowest BCUT2D eigenvalue weighted by molar-refractivity contribution is 0.302. The van der Waals surface area contributed by atoms with Gasteiger partial charge >= 0.3 is 0 Å². The van der Waals surface area contributed by atoms with Gasteiger partial charge in [-0.05, 0) is 57.6 Å². The molecule has 2 aliphatic rings. The molecule has 2 atom stereocenters. The van der Waals surface area contributed by atoms with Gasteiger partial charge in [0.25, 0.3) is 0 Å². The van der Waals surface area contributed by atoms with Crippen molar-refractivity contribution in [1.29, 1.82) is 0 Å². The Hall–Kier alpha value is -0.860. The summed E-state index contributed by atoms with van der Waals surface area (Å²) >= 11 is 0. The summed E-state index contributed by atoms with van der Waals surface area (Å²) in [5.41, 5.74) is 1.54. The molecule has 1 saturated heterocycles. The molecule has 110 valence electrons. The molecule has 1 N–H and O–H groups in total. The first-order chi connectivity index (χ1) is 9.72. The minimum Gasteiger partial charge on any atom is -0.310 e. The van der Waals surface area contributed by atoms with Crippen LogP contribution in [0.25, 0.3) is 0 Å². The van der Waals surface area contributed by atoms with Gasteiger partial charge in [-0.3, -0.25) is 0 Å². The first-order valence-corrected chi connectivity index (χ1v) is 8.23. The van der Waals surface area contributed by atoms with E-state index in [0.717, 1.165) is 18.0 Å². The Morgan fingerprint density at radius 1 is 1.00 bits per heavy atom. The number of nitrogens with zero attached hydrogens (tertiary/aromatic N) is 1. The predicted molar refractivity (Wildman–Crippen MR) is 85.1 cm³/mol. The SMILES string of the molecule is CC1CC(NC2CCC(c3ccccc3)CC2)CN1C. The zero-order valence-electron chi connectivity index (χ0n) is 12.9. The zero-order valence-corrected chi connectivity index (χ0v) is 12.9. The van der Waals surface area contributed by atoms with Crippen LogP contribution in [0.4, 0.5) is 0 Å². The molecule has 3 rings (SSSR count). The molecule has 1 aliphatic carbocycles. The second-order valence-corrected chi connectivity index (χ2v) is 6.85. The number of likely N-dealkylation sites (tertiary alicyclic amines) is 1. The molecule has 2 heteroatoms. The molecule has 2 nitrogen and oxygen atoms in total. The molecule has 1 saturated carbocycles. The van der Waals surface area contributed by atoms with Crippen LogP contribution in [0.1, 0.15) is 50.5 Å². The van der Waals surface area contributed by atoms with E-state index >= 15 is 0 Å². The molecule has 1 heterocycles. The molecule has 1 aromatic carbocycles. The summed E-state index contributed by atoms with van der Waals surface area (Å²) in [5.74, 6) is 0.791. The number of nitrogens with one attached hydrogen (secondary N) is 1. The highest BCUT2D eigenvalue weighted by Gasteiger charge is 2.29. The molecule has 0 bridgehead atoms. The maximum absolute atomic E-state index is 3.91. The molecule has 1 aliphatic heterocycles. The molecular formula is C18H28N2. The molecular weight excluding hydrogens is 244 g/mol. The summed E-state index contributed by atoms with van der Waals surface area (Å²) in [4.78, 5) is 2.48. The molecule has 0 aromatic heterocycles. The maximum Gasteiger partial charge on any atom is 0.0212 e. The van der Waals surface area contributed by atoms with Gasteiger partial charge in [0, 0.05) is 24.7 Å². The standard InChI is InChI=1S/C18H28N2/c1-14-12-18(13-20(14)2)19-17-10-8-16(9-11-17)15-6-4-3-5-7-15/h3-7,14,16-19H,8-13H2,1-2H3. The fourth-order valence-corrected chi connectivity index (χ4v) is 3.97. The number of hydrogen-bond acceptors (Lipinski definition) is 2. The Labute approximate surface area is 123 Å². The van der Waals surface area contributed by atoms with Crippen molar-refractivity contribution in [2.24, 2.45) is 0 Å². The van der Waals surface area contributed by atoms with Gasteiger partial charge in [0.15, 0.2) is 0 Å². The van der Waals surface area contributed by atoms with E-state index in [4.69, 9.17) is 0 Å². The maximum atomic E-state index is 3.91. The number of rotatable bonds is 3. The summed E-state index contributed by atoms with van der Waals surface area (Å²) < 4.78 is 0. The highest BCUT2D eigenvalue weighted by molar-refractivity contribution is 5.20. The molecule has 0 spiro atoms. The van der Waals surface area contributed by atoms with E-state index in [1.54, 1.807) is 5.56 Å². The fourth-order valence-electron chi connectivity index (χ4n) is 3.97. The molecule has 1 aromatic rings. The first-order valence-electron chi connectivity index (χ1n) is 8.23. The third kappa shape index (κ3) is 3.24. The topological polar surface area (TPSA) is 15.3 Å². The Balaban J connectivity index is 1.47. The van der Waals surface area contributed by atoms with E-state index in [1.165, 1.54) is 38.6 Å². The third-order valence-corrected chi connectivity index (χ3v) is 5.36. The molecule has 0 amide bonds. The van der Waals surface area contributed by atoms with Gasteiger partial charge in [0.05, 0.1) is 0 Å². The van der Waals surface area contributed by atoms with Crippen LogP contribution < -0.4 is 5.32 Å². The van der Waals surface area contributed by atoms with Gasteiger partial charge in [-0.15, -0.1) is 0 Å². The van der Waals surface area contributed by atoms with E-state index in [9.17, 15) is 0 Å². The Bertz CT molecular complexity index is 399. The Morgan fingerprint density at radius 2 is 1.70 bits per heavy atom. The molecule has 2 fully saturated rings. The van der Waals surface area contributed by atoms with E-state index in [-0.39, 0.29) is 0 Å². The Kier molecular flexibility index (Phi) is 4.42. The zero-order chi connectivity index (χ0) is 13.9. The van der Waals surface area contributed by atoms with E-state index < -0.39 is 0 Å². The first kappa shape index (κ1) is 14.1. The lowest BCUT2D eigenvalue weighted by Crippen LogP contribution is -2.41. The van der Waals surface area contributed by atoms with Crippen molar-refractivity contribution in [3.8, 4) is 0 Å². The second-order valence-electron chi connectivity index (χ2n) is 6.85. The van der Waals surface area contributed by atoms with Gasteiger partial charge in [-0.1, -0.05) is 30.3 Å². The second kappa shape index (κ2) is 6.28. The van der Waals surface area contributed by atoms with Crippen LogP contribution >= 0.6 is 0 Å². The number of likely N-dealkylation sites (N-methyl/N-ethyl adjacent to an activating group) is 1.